The van der Waals surface area contributed by atoms with Crippen molar-refractivity contribution in [2.45, 2.75) is 12.8 Å². The molecule has 2 aliphatic rings. The smallest absolute Gasteiger partial charge is 0.231 e. The quantitative estimate of drug-likeness (QED) is 0.117. The van der Waals surface area contributed by atoms with Crippen LogP contribution in [0.15, 0.2) is 140 Å². The van der Waals surface area contributed by atoms with Gasteiger partial charge in [0, 0.05) is 21.4 Å². The van der Waals surface area contributed by atoms with Gasteiger partial charge in [0.05, 0.1) is 10.6 Å². The molecule has 0 saturated carbocycles. The zero-order chi connectivity index (χ0) is 32.2. The standard InChI is InChI=1S/C16H15O3P.C10H9BrO3.2C6H6.BrH/c17-13(10-20-14-4-2-1-3-5-14)8-12-6-7-15-16(9-12)19-11-18-15;11-5-8(12)3-7-1-2-9-10(4-7)14-6-13-9;2*1-2-4-6-5-3-1;/h1-7,9,20H,8,10-11H2;1-2,4H,3,5-6H2;2*1-6H;1H/p+1. The van der Waals surface area contributed by atoms with Crippen LogP contribution < -0.4 is 24.3 Å². The van der Waals surface area contributed by atoms with Crippen molar-refractivity contribution in [3.63, 3.8) is 0 Å². The largest absolute Gasteiger partial charge is 0.454 e. The number of ether oxygens (including phenoxy) is 4. The molecular weight excluding hydrogens is 743 g/mol. The molecule has 0 bridgehead atoms. The van der Waals surface area contributed by atoms with Gasteiger partial charge in [-0.2, -0.15) is 0 Å². The van der Waals surface area contributed by atoms with Gasteiger partial charge in [0.15, 0.2) is 28.8 Å². The first-order valence-electron chi connectivity index (χ1n) is 14.9. The summed E-state index contributed by atoms with van der Waals surface area (Å²) in [5.74, 6) is 3.42. The fourth-order valence-electron chi connectivity index (χ4n) is 4.27. The Morgan fingerprint density at radius 3 is 1.34 bits per heavy atom. The van der Waals surface area contributed by atoms with Gasteiger partial charge in [0.1, 0.15) is 11.9 Å². The van der Waals surface area contributed by atoms with Crippen molar-refractivity contribution in [3.05, 3.63) is 151 Å². The number of ketones is 2. The van der Waals surface area contributed by atoms with Crippen LogP contribution in [0, 0.1) is 0 Å². The predicted molar refractivity (Wildman–Crippen MR) is 200 cm³/mol. The Bertz CT molecular complexity index is 1540. The Kier molecular flexibility index (Phi) is 17.4. The van der Waals surface area contributed by atoms with E-state index in [0.717, 1.165) is 34.1 Å². The Balaban J connectivity index is 0.000000191. The Hall–Kier alpha value is -3.97. The van der Waals surface area contributed by atoms with Gasteiger partial charge in [-0.1, -0.05) is 119 Å². The summed E-state index contributed by atoms with van der Waals surface area (Å²) in [4.78, 5) is 23.2. The third kappa shape index (κ3) is 14.1. The van der Waals surface area contributed by atoms with Gasteiger partial charge >= 0.3 is 0 Å². The van der Waals surface area contributed by atoms with Crippen LogP contribution in [0.4, 0.5) is 0 Å². The van der Waals surface area contributed by atoms with Gasteiger partial charge in [-0.25, -0.2) is 0 Å². The third-order valence-corrected chi connectivity index (χ3v) is 8.67. The number of fused-ring (bicyclic) bond motifs is 2. The predicted octanol–water partition coefficient (Wildman–Crippen LogP) is 8.14. The summed E-state index contributed by atoms with van der Waals surface area (Å²) in [7, 11) is 0.0240. The average molecular weight is 781 g/mol. The number of carbonyl (C=O) groups is 2. The Morgan fingerprint density at radius 1 is 0.532 bits per heavy atom. The van der Waals surface area contributed by atoms with E-state index in [1.807, 2.05) is 127 Å². The monoisotopic (exact) mass is 779 g/mol. The van der Waals surface area contributed by atoms with E-state index in [0.29, 0.717) is 24.3 Å². The molecule has 0 spiro atoms. The maximum absolute atomic E-state index is 12.0. The summed E-state index contributed by atoms with van der Waals surface area (Å²) in [5, 5.41) is 1.67. The molecule has 47 heavy (non-hydrogen) atoms. The number of rotatable bonds is 8. The minimum atomic E-state index is 0. The molecule has 1 unspecified atom stereocenters. The molecule has 2 heterocycles. The second kappa shape index (κ2) is 21.8. The van der Waals surface area contributed by atoms with Gasteiger partial charge in [-0.05, 0) is 47.5 Å². The van der Waals surface area contributed by atoms with E-state index >= 15 is 0 Å². The van der Waals surface area contributed by atoms with Gasteiger partial charge in [0.25, 0.3) is 0 Å². The first-order chi connectivity index (χ1) is 22.6. The van der Waals surface area contributed by atoms with Gasteiger partial charge in [-0.15, -0.1) is 17.0 Å². The van der Waals surface area contributed by atoms with Crippen molar-refractivity contribution in [1.82, 2.24) is 0 Å². The molecule has 0 amide bonds. The fraction of sp³-hybridized carbons (Fsp3) is 0.158. The normalized spacial score (nSPS) is 11.4. The van der Waals surface area contributed by atoms with Crippen LogP contribution in [-0.4, -0.2) is 36.6 Å². The molecule has 0 saturated heterocycles. The molecule has 2 aliphatic heterocycles. The number of Topliss-reactive ketones (excluding diaryl/α,β-unsaturated/α-hetero) is 2. The summed E-state index contributed by atoms with van der Waals surface area (Å²) in [6.45, 7) is 0.538. The highest BCUT2D eigenvalue weighted by Gasteiger charge is 2.16. The molecular formula is C38H38Br2O6P+. The van der Waals surface area contributed by atoms with Crippen LogP contribution in [-0.2, 0) is 22.4 Å². The van der Waals surface area contributed by atoms with Crippen LogP contribution in [0.3, 0.4) is 0 Å². The minimum Gasteiger partial charge on any atom is -0.454 e. The molecule has 7 rings (SSSR count). The summed E-state index contributed by atoms with van der Waals surface area (Å²) in [6, 6.07) is 45.5. The third-order valence-electron chi connectivity index (χ3n) is 6.52. The van der Waals surface area contributed by atoms with E-state index in [-0.39, 0.29) is 50.7 Å². The van der Waals surface area contributed by atoms with Crippen molar-refractivity contribution in [2.75, 3.05) is 25.1 Å². The highest BCUT2D eigenvalue weighted by molar-refractivity contribution is 9.09. The molecule has 0 aromatic heterocycles. The van der Waals surface area contributed by atoms with Crippen molar-refractivity contribution >= 4 is 58.4 Å². The highest BCUT2D eigenvalue weighted by Crippen LogP contribution is 2.33. The van der Waals surface area contributed by atoms with Crippen molar-refractivity contribution in [3.8, 4) is 23.0 Å². The zero-order valence-corrected chi connectivity index (χ0v) is 30.3. The van der Waals surface area contributed by atoms with Crippen molar-refractivity contribution in [2.24, 2.45) is 0 Å². The second-order valence-corrected chi connectivity index (χ2v) is 12.1. The van der Waals surface area contributed by atoms with Crippen LogP contribution in [0.5, 0.6) is 23.0 Å². The summed E-state index contributed by atoms with van der Waals surface area (Å²) in [5.41, 5.74) is 1.95. The van der Waals surface area contributed by atoms with Gasteiger partial charge in [0.2, 0.25) is 13.6 Å². The zero-order valence-electron chi connectivity index (χ0n) is 25.8. The number of halogens is 2. The summed E-state index contributed by atoms with van der Waals surface area (Å²) in [6.07, 6.45) is 1.55. The lowest BCUT2D eigenvalue weighted by molar-refractivity contribution is -0.116. The molecule has 6 nitrogen and oxygen atoms in total. The Morgan fingerprint density at radius 2 is 0.915 bits per heavy atom. The number of hydrogen-bond acceptors (Lipinski definition) is 6. The summed E-state index contributed by atoms with van der Waals surface area (Å²) >= 11 is 3.13. The van der Waals surface area contributed by atoms with Crippen LogP contribution in [0.25, 0.3) is 0 Å². The lowest BCUT2D eigenvalue weighted by atomic mass is 10.1. The molecule has 5 aromatic carbocycles. The molecule has 0 aliphatic carbocycles. The molecule has 1 atom stereocenters. The van der Waals surface area contributed by atoms with Crippen molar-refractivity contribution < 1.29 is 28.5 Å². The van der Waals surface area contributed by atoms with Crippen molar-refractivity contribution in [1.29, 1.82) is 0 Å². The van der Waals surface area contributed by atoms with E-state index in [4.69, 9.17) is 18.9 Å². The highest BCUT2D eigenvalue weighted by atomic mass is 79.9. The van der Waals surface area contributed by atoms with Gasteiger partial charge < -0.3 is 18.9 Å². The van der Waals surface area contributed by atoms with E-state index in [1.165, 1.54) is 5.30 Å². The second-order valence-electron chi connectivity index (χ2n) is 10.1. The summed E-state index contributed by atoms with van der Waals surface area (Å²) < 4.78 is 21.0. The van der Waals surface area contributed by atoms with E-state index < -0.39 is 0 Å². The fourth-order valence-corrected chi connectivity index (χ4v) is 5.57. The molecule has 5 aromatic rings. The minimum absolute atomic E-state index is 0. The van der Waals surface area contributed by atoms with E-state index in [1.54, 1.807) is 0 Å². The maximum atomic E-state index is 12.0. The first-order valence-corrected chi connectivity index (χ1v) is 17.4. The number of carbonyl (C=O) groups excluding carboxylic acids is 2. The molecule has 244 valence electrons. The molecule has 9 heteroatoms. The van der Waals surface area contributed by atoms with E-state index in [9.17, 15) is 9.59 Å². The number of hydrogen-bond donors (Lipinski definition) is 0. The average Bonchev–Trinajstić information content (AvgIpc) is 3.79. The molecule has 0 radical (unpaired) electrons. The lowest BCUT2D eigenvalue weighted by Gasteiger charge is -2.01. The number of benzene rings is 5. The lowest BCUT2D eigenvalue weighted by Crippen LogP contribution is -2.07. The van der Waals surface area contributed by atoms with E-state index in [2.05, 4.69) is 28.1 Å². The topological polar surface area (TPSA) is 71.1 Å². The molecule has 0 N–H and O–H groups in total. The van der Waals surface area contributed by atoms with Crippen LogP contribution in [0.1, 0.15) is 11.1 Å². The first kappa shape index (κ1) is 37.5. The number of alkyl halides is 1. The SMILES string of the molecule is Br.O=C(CBr)Cc1ccc2c(c1)OCO2.O=C(C[PH2+]c1ccccc1)Cc1ccc2c(c1)OCO2.c1ccccc1.c1ccccc1. The molecule has 0 fully saturated rings. The van der Waals surface area contributed by atoms with Crippen LogP contribution in [0.2, 0.25) is 0 Å². The maximum Gasteiger partial charge on any atom is 0.231 e. The van der Waals surface area contributed by atoms with Gasteiger partial charge in [-0.3, -0.25) is 9.59 Å². The van der Waals surface area contributed by atoms with Crippen LogP contribution >= 0.6 is 41.5 Å². The Labute approximate surface area is 297 Å².